The second-order valence-corrected chi connectivity index (χ2v) is 7.24. The second-order valence-electron chi connectivity index (χ2n) is 6.11. The number of carbonyl (C=O) groups is 2. The molecule has 0 spiro atoms. The minimum atomic E-state index is -0.744. The van der Waals surface area contributed by atoms with Gasteiger partial charge in [-0.1, -0.05) is 13.8 Å². The van der Waals surface area contributed by atoms with E-state index in [2.05, 4.69) is 24.1 Å². The number of hydrogen-bond donors (Lipinski definition) is 1. The standard InChI is InChI=1S/C18H26FN3O3S/c1-5-21(6-2)9-10-26-16-8-7-14(11-15(16)19)22-12(3)17(20-13(4)23)25-18(22)24/h7-8,11-12,17H,5-6,9-10H2,1-4H3,(H,20,23)/t12?,17-/m0/s1. The van der Waals surface area contributed by atoms with Crippen molar-refractivity contribution in [2.24, 2.45) is 0 Å². The van der Waals surface area contributed by atoms with Crippen molar-refractivity contribution in [1.82, 2.24) is 10.2 Å². The van der Waals surface area contributed by atoms with Crippen molar-refractivity contribution in [3.63, 3.8) is 0 Å². The van der Waals surface area contributed by atoms with Crippen LogP contribution < -0.4 is 10.2 Å². The summed E-state index contributed by atoms with van der Waals surface area (Å²) in [5.41, 5.74) is 0.418. The number of anilines is 1. The first-order chi connectivity index (χ1) is 12.4. The van der Waals surface area contributed by atoms with E-state index in [1.807, 2.05) is 0 Å². The molecule has 1 aliphatic heterocycles. The van der Waals surface area contributed by atoms with Gasteiger partial charge in [0.2, 0.25) is 5.91 Å². The quantitative estimate of drug-likeness (QED) is 0.699. The number of thioether (sulfide) groups is 1. The highest BCUT2D eigenvalue weighted by Crippen LogP contribution is 2.30. The Morgan fingerprint density at radius 3 is 2.65 bits per heavy atom. The van der Waals surface area contributed by atoms with Gasteiger partial charge in [0.15, 0.2) is 6.23 Å². The molecule has 2 amide bonds. The highest BCUT2D eigenvalue weighted by Gasteiger charge is 2.40. The van der Waals surface area contributed by atoms with Gasteiger partial charge in [0.1, 0.15) is 5.82 Å². The largest absolute Gasteiger partial charge is 0.423 e. The third-order valence-electron chi connectivity index (χ3n) is 4.37. The molecule has 0 bridgehead atoms. The van der Waals surface area contributed by atoms with Crippen LogP contribution >= 0.6 is 11.8 Å². The molecule has 1 fully saturated rings. The molecule has 26 heavy (non-hydrogen) atoms. The van der Waals surface area contributed by atoms with Crippen LogP contribution in [0.4, 0.5) is 14.9 Å². The van der Waals surface area contributed by atoms with Crippen molar-refractivity contribution in [3.05, 3.63) is 24.0 Å². The van der Waals surface area contributed by atoms with E-state index in [9.17, 15) is 14.0 Å². The molecule has 8 heteroatoms. The number of carbonyl (C=O) groups excluding carboxylic acids is 2. The molecule has 1 aromatic carbocycles. The average molecular weight is 383 g/mol. The average Bonchev–Trinajstić information content (AvgIpc) is 2.86. The number of nitrogens with zero attached hydrogens (tertiary/aromatic N) is 2. The zero-order valence-corrected chi connectivity index (χ0v) is 16.4. The van der Waals surface area contributed by atoms with Crippen molar-refractivity contribution in [2.45, 2.75) is 44.9 Å². The first-order valence-electron chi connectivity index (χ1n) is 8.79. The van der Waals surface area contributed by atoms with Crippen LogP contribution in [0, 0.1) is 5.82 Å². The third kappa shape index (κ3) is 4.88. The minimum absolute atomic E-state index is 0.289. The van der Waals surface area contributed by atoms with E-state index in [-0.39, 0.29) is 11.7 Å². The molecule has 1 N–H and O–H groups in total. The van der Waals surface area contributed by atoms with Gasteiger partial charge >= 0.3 is 6.09 Å². The zero-order chi connectivity index (χ0) is 19.3. The number of ether oxygens (including phenoxy) is 1. The Hall–Kier alpha value is -1.80. The Bertz CT molecular complexity index is 655. The molecule has 2 atom stereocenters. The monoisotopic (exact) mass is 383 g/mol. The van der Waals surface area contributed by atoms with Crippen LogP contribution in [0.2, 0.25) is 0 Å². The molecule has 0 aromatic heterocycles. The van der Waals surface area contributed by atoms with E-state index in [0.717, 1.165) is 25.4 Å². The van der Waals surface area contributed by atoms with Gasteiger partial charge < -0.3 is 15.0 Å². The molecule has 1 heterocycles. The van der Waals surface area contributed by atoms with Gasteiger partial charge in [0.05, 0.1) is 11.7 Å². The summed E-state index contributed by atoms with van der Waals surface area (Å²) in [4.78, 5) is 27.5. The first-order valence-corrected chi connectivity index (χ1v) is 9.77. The summed E-state index contributed by atoms with van der Waals surface area (Å²) in [5, 5.41) is 2.57. The van der Waals surface area contributed by atoms with Crippen LogP contribution in [-0.2, 0) is 9.53 Å². The summed E-state index contributed by atoms with van der Waals surface area (Å²) >= 11 is 1.46. The minimum Gasteiger partial charge on any atom is -0.423 e. The van der Waals surface area contributed by atoms with Crippen LogP contribution in [0.3, 0.4) is 0 Å². The molecule has 0 radical (unpaired) electrons. The van der Waals surface area contributed by atoms with Gasteiger partial charge in [0.25, 0.3) is 0 Å². The van der Waals surface area contributed by atoms with E-state index in [0.29, 0.717) is 10.6 Å². The highest BCUT2D eigenvalue weighted by molar-refractivity contribution is 7.99. The summed E-state index contributed by atoms with van der Waals surface area (Å²) in [6.07, 6.45) is -1.34. The molecule has 6 nitrogen and oxygen atoms in total. The normalized spacial score (nSPS) is 19.8. The number of amides is 2. The van der Waals surface area contributed by atoms with Crippen LogP contribution in [0.15, 0.2) is 23.1 Å². The first kappa shape index (κ1) is 20.5. The SMILES string of the molecule is CCN(CC)CCSc1ccc(N2C(=O)O[C@H](NC(C)=O)C2C)cc1F. The molecule has 1 aliphatic rings. The summed E-state index contributed by atoms with van der Waals surface area (Å²) in [6.45, 7) is 10.2. The smallest absolute Gasteiger partial charge is 0.416 e. The van der Waals surface area contributed by atoms with Gasteiger partial charge in [-0.2, -0.15) is 0 Å². The van der Waals surface area contributed by atoms with Gasteiger partial charge in [-0.15, -0.1) is 11.8 Å². The lowest BCUT2D eigenvalue weighted by Gasteiger charge is -2.21. The second kappa shape index (κ2) is 9.23. The van der Waals surface area contributed by atoms with Crippen molar-refractivity contribution in [1.29, 1.82) is 0 Å². The van der Waals surface area contributed by atoms with Crippen LogP contribution in [-0.4, -0.2) is 54.6 Å². The van der Waals surface area contributed by atoms with Crippen LogP contribution in [0.1, 0.15) is 27.7 Å². The molecular formula is C18H26FN3O3S. The number of halogens is 1. The Morgan fingerprint density at radius 1 is 1.38 bits per heavy atom. The summed E-state index contributed by atoms with van der Waals surface area (Å²) in [7, 11) is 0. The fourth-order valence-corrected chi connectivity index (χ4v) is 3.77. The van der Waals surface area contributed by atoms with E-state index in [4.69, 9.17) is 4.74 Å². The molecule has 2 rings (SSSR count). The maximum atomic E-state index is 14.5. The van der Waals surface area contributed by atoms with Crippen molar-refractivity contribution >= 4 is 29.4 Å². The van der Waals surface area contributed by atoms with E-state index >= 15 is 0 Å². The van der Waals surface area contributed by atoms with E-state index in [1.165, 1.54) is 29.7 Å². The predicted octanol–water partition coefficient (Wildman–Crippen LogP) is 3.07. The Balaban J connectivity index is 2.04. The lowest BCUT2D eigenvalue weighted by molar-refractivity contribution is -0.121. The van der Waals surface area contributed by atoms with Gasteiger partial charge in [-0.25, -0.2) is 9.18 Å². The summed E-state index contributed by atoms with van der Waals surface area (Å²) in [6, 6.07) is 4.31. The molecule has 0 aliphatic carbocycles. The highest BCUT2D eigenvalue weighted by atomic mass is 32.2. The molecule has 0 saturated carbocycles. The van der Waals surface area contributed by atoms with E-state index in [1.54, 1.807) is 19.1 Å². The number of nitrogens with one attached hydrogen (secondary N) is 1. The topological polar surface area (TPSA) is 61.9 Å². The number of benzene rings is 1. The van der Waals surface area contributed by atoms with E-state index < -0.39 is 18.4 Å². The molecule has 144 valence electrons. The van der Waals surface area contributed by atoms with Crippen molar-refractivity contribution < 1.29 is 18.7 Å². The Morgan fingerprint density at radius 2 is 2.08 bits per heavy atom. The number of cyclic esters (lactones) is 1. The fourth-order valence-electron chi connectivity index (χ4n) is 2.84. The number of hydrogen-bond acceptors (Lipinski definition) is 5. The summed E-state index contributed by atoms with van der Waals surface area (Å²) in [5.74, 6) is 0.141. The maximum Gasteiger partial charge on any atom is 0.416 e. The third-order valence-corrected chi connectivity index (χ3v) is 5.40. The molecular weight excluding hydrogens is 357 g/mol. The summed E-state index contributed by atoms with van der Waals surface area (Å²) < 4.78 is 19.6. The zero-order valence-electron chi connectivity index (χ0n) is 15.6. The maximum absolute atomic E-state index is 14.5. The molecule has 1 unspecified atom stereocenters. The number of rotatable bonds is 8. The fraction of sp³-hybridized carbons (Fsp3) is 0.556. The lowest BCUT2D eigenvalue weighted by atomic mass is 10.2. The Kier molecular flexibility index (Phi) is 7.28. The molecule has 1 saturated heterocycles. The van der Waals surface area contributed by atoms with Crippen LogP contribution in [0.5, 0.6) is 0 Å². The van der Waals surface area contributed by atoms with Crippen molar-refractivity contribution in [2.75, 3.05) is 30.3 Å². The van der Waals surface area contributed by atoms with Crippen molar-refractivity contribution in [3.8, 4) is 0 Å². The van der Waals surface area contributed by atoms with Crippen LogP contribution in [0.25, 0.3) is 0 Å². The Labute approximate surface area is 158 Å². The van der Waals surface area contributed by atoms with Gasteiger partial charge in [-0.05, 0) is 38.2 Å². The van der Waals surface area contributed by atoms with Gasteiger partial charge in [-0.3, -0.25) is 9.69 Å². The predicted molar refractivity (Wildman–Crippen MR) is 101 cm³/mol. The van der Waals surface area contributed by atoms with Gasteiger partial charge in [0, 0.05) is 24.1 Å². The molecule has 1 aromatic rings. The lowest BCUT2D eigenvalue weighted by Crippen LogP contribution is -2.43.